The normalized spacial score (nSPS) is 21.9. The summed E-state index contributed by atoms with van der Waals surface area (Å²) in [4.78, 5) is 25.6. The van der Waals surface area contributed by atoms with E-state index in [0.29, 0.717) is 18.7 Å². The minimum Gasteiger partial charge on any atom is -0.466 e. The summed E-state index contributed by atoms with van der Waals surface area (Å²) in [5, 5.41) is 10.6. The van der Waals surface area contributed by atoms with Gasteiger partial charge < -0.3 is 4.74 Å². The molecule has 6 heteroatoms. The first-order chi connectivity index (χ1) is 8.13. The van der Waals surface area contributed by atoms with Crippen LogP contribution in [0, 0.1) is 16.0 Å². The Morgan fingerprint density at radius 3 is 3.12 bits per heavy atom. The second-order valence-electron chi connectivity index (χ2n) is 3.90. The molecule has 1 aromatic rings. The third-order valence-corrected chi connectivity index (χ3v) is 2.74. The number of esters is 1. The maximum absolute atomic E-state index is 11.4. The van der Waals surface area contributed by atoms with E-state index in [-0.39, 0.29) is 23.5 Å². The number of carbonyl (C=O) groups is 1. The molecule has 1 saturated carbocycles. The van der Waals surface area contributed by atoms with Crippen molar-refractivity contribution in [1.29, 1.82) is 0 Å². The van der Waals surface area contributed by atoms with Crippen LogP contribution >= 0.6 is 0 Å². The lowest BCUT2D eigenvalue weighted by atomic mass is 10.2. The summed E-state index contributed by atoms with van der Waals surface area (Å²) in [6, 6.07) is 2.76. The minimum atomic E-state index is -0.465. The fourth-order valence-electron chi connectivity index (χ4n) is 1.78. The van der Waals surface area contributed by atoms with Gasteiger partial charge in [-0.25, -0.2) is 0 Å². The van der Waals surface area contributed by atoms with E-state index in [9.17, 15) is 14.9 Å². The van der Waals surface area contributed by atoms with Gasteiger partial charge in [-0.15, -0.1) is 0 Å². The molecule has 0 radical (unpaired) electrons. The maximum atomic E-state index is 11.4. The zero-order valence-electron chi connectivity index (χ0n) is 9.33. The fourth-order valence-corrected chi connectivity index (χ4v) is 1.78. The number of aromatic nitrogens is 1. The highest BCUT2D eigenvalue weighted by atomic mass is 16.6. The zero-order valence-corrected chi connectivity index (χ0v) is 9.33. The van der Waals surface area contributed by atoms with Gasteiger partial charge in [0.15, 0.2) is 0 Å². The maximum Gasteiger partial charge on any atom is 0.309 e. The molecule has 1 aromatic heterocycles. The average Bonchev–Trinajstić information content (AvgIpc) is 3.09. The fraction of sp³-hybridized carbons (Fsp3) is 0.455. The van der Waals surface area contributed by atoms with Gasteiger partial charge in [0.05, 0.1) is 23.1 Å². The number of ether oxygens (including phenoxy) is 1. The zero-order chi connectivity index (χ0) is 12.4. The number of hydrogen-bond donors (Lipinski definition) is 0. The van der Waals surface area contributed by atoms with Crippen molar-refractivity contribution in [3.05, 3.63) is 34.1 Å². The Bertz CT molecular complexity index is 461. The van der Waals surface area contributed by atoms with Gasteiger partial charge in [-0.2, -0.15) is 0 Å². The van der Waals surface area contributed by atoms with Gasteiger partial charge in [0.1, 0.15) is 0 Å². The highest BCUT2D eigenvalue weighted by Crippen LogP contribution is 2.47. The number of nitro groups is 1. The number of nitrogens with zero attached hydrogens (tertiary/aromatic N) is 2. The van der Waals surface area contributed by atoms with Crippen molar-refractivity contribution in [3.63, 3.8) is 0 Å². The topological polar surface area (TPSA) is 82.3 Å². The van der Waals surface area contributed by atoms with Crippen LogP contribution < -0.4 is 0 Å². The summed E-state index contributed by atoms with van der Waals surface area (Å²) in [6.45, 7) is 2.10. The summed E-state index contributed by atoms with van der Waals surface area (Å²) in [5.41, 5.74) is 0.599. The Balaban J connectivity index is 2.08. The van der Waals surface area contributed by atoms with E-state index in [2.05, 4.69) is 4.98 Å². The van der Waals surface area contributed by atoms with E-state index in [1.54, 1.807) is 6.92 Å². The molecule has 0 aliphatic heterocycles. The van der Waals surface area contributed by atoms with Gasteiger partial charge in [-0.1, -0.05) is 0 Å². The third-order valence-electron chi connectivity index (χ3n) is 2.74. The monoisotopic (exact) mass is 236 g/mol. The molecule has 90 valence electrons. The van der Waals surface area contributed by atoms with Crippen LogP contribution in [-0.4, -0.2) is 22.5 Å². The van der Waals surface area contributed by atoms with Gasteiger partial charge in [0.25, 0.3) is 5.69 Å². The van der Waals surface area contributed by atoms with Gasteiger partial charge in [0.2, 0.25) is 0 Å². The SMILES string of the molecule is CCOC(=O)[C@@H]1C[C@H]1c1cc([N+](=O)[O-])ccn1. The first-order valence-electron chi connectivity index (χ1n) is 5.40. The molecule has 1 fully saturated rings. The van der Waals surface area contributed by atoms with E-state index in [4.69, 9.17) is 4.74 Å². The van der Waals surface area contributed by atoms with Gasteiger partial charge in [0, 0.05) is 24.2 Å². The minimum absolute atomic E-state index is 0.00417. The lowest BCUT2D eigenvalue weighted by Crippen LogP contribution is -2.07. The third kappa shape index (κ3) is 2.41. The highest BCUT2D eigenvalue weighted by molar-refractivity contribution is 5.77. The van der Waals surface area contributed by atoms with Crippen molar-refractivity contribution in [2.45, 2.75) is 19.3 Å². The van der Waals surface area contributed by atoms with Crippen LogP contribution in [0.1, 0.15) is 25.0 Å². The molecular weight excluding hydrogens is 224 g/mol. The van der Waals surface area contributed by atoms with Crippen LogP contribution in [0.15, 0.2) is 18.3 Å². The first kappa shape index (κ1) is 11.5. The summed E-state index contributed by atoms with van der Waals surface area (Å²) in [6.07, 6.45) is 2.06. The van der Waals surface area contributed by atoms with Crippen LogP contribution in [-0.2, 0) is 9.53 Å². The number of pyridine rings is 1. The second-order valence-corrected chi connectivity index (χ2v) is 3.90. The van der Waals surface area contributed by atoms with E-state index >= 15 is 0 Å². The lowest BCUT2D eigenvalue weighted by molar-refractivity contribution is -0.385. The van der Waals surface area contributed by atoms with E-state index in [1.807, 2.05) is 0 Å². The van der Waals surface area contributed by atoms with Crippen LogP contribution in [0.4, 0.5) is 5.69 Å². The highest BCUT2D eigenvalue weighted by Gasteiger charge is 2.46. The van der Waals surface area contributed by atoms with Crippen molar-refractivity contribution in [1.82, 2.24) is 4.98 Å². The Kier molecular flexibility index (Phi) is 3.03. The van der Waals surface area contributed by atoms with Crippen LogP contribution in [0.25, 0.3) is 0 Å². The summed E-state index contributed by atoms with van der Waals surface area (Å²) < 4.78 is 4.89. The molecule has 1 heterocycles. The number of hydrogen-bond acceptors (Lipinski definition) is 5. The van der Waals surface area contributed by atoms with Crippen molar-refractivity contribution < 1.29 is 14.5 Å². The standard InChI is InChI=1S/C11H12N2O4/c1-2-17-11(14)9-6-8(9)10-5-7(13(15)16)3-4-12-10/h3-5,8-9H,2,6H2,1H3/t8-,9-/m1/s1. The van der Waals surface area contributed by atoms with Crippen molar-refractivity contribution >= 4 is 11.7 Å². The average molecular weight is 236 g/mol. The van der Waals surface area contributed by atoms with Crippen LogP contribution in [0.3, 0.4) is 0 Å². The molecule has 0 N–H and O–H groups in total. The Morgan fingerprint density at radius 2 is 2.47 bits per heavy atom. The summed E-state index contributed by atoms with van der Waals surface area (Å²) in [7, 11) is 0. The number of rotatable bonds is 4. The van der Waals surface area contributed by atoms with Crippen molar-refractivity contribution in [3.8, 4) is 0 Å². The molecule has 0 saturated heterocycles. The molecular formula is C11H12N2O4. The predicted octanol–water partition coefficient (Wildman–Crippen LogP) is 1.66. The molecule has 0 aromatic carbocycles. The molecule has 0 amide bonds. The van der Waals surface area contributed by atoms with Crippen LogP contribution in [0.2, 0.25) is 0 Å². The molecule has 0 bridgehead atoms. The Labute approximate surface area is 97.8 Å². The van der Waals surface area contributed by atoms with E-state index in [1.165, 1.54) is 18.3 Å². The smallest absolute Gasteiger partial charge is 0.309 e. The largest absolute Gasteiger partial charge is 0.466 e. The molecule has 1 aliphatic carbocycles. The lowest BCUT2D eigenvalue weighted by Gasteiger charge is -2.00. The molecule has 0 spiro atoms. The molecule has 17 heavy (non-hydrogen) atoms. The second kappa shape index (κ2) is 4.48. The van der Waals surface area contributed by atoms with Gasteiger partial charge in [-0.05, 0) is 13.3 Å². The van der Waals surface area contributed by atoms with E-state index in [0.717, 1.165) is 0 Å². The van der Waals surface area contributed by atoms with E-state index < -0.39 is 4.92 Å². The molecule has 2 atom stereocenters. The van der Waals surface area contributed by atoms with Crippen molar-refractivity contribution in [2.24, 2.45) is 5.92 Å². The van der Waals surface area contributed by atoms with Crippen molar-refractivity contribution in [2.75, 3.05) is 6.61 Å². The molecule has 2 rings (SSSR count). The molecule has 1 aliphatic rings. The Morgan fingerprint density at radius 1 is 1.71 bits per heavy atom. The van der Waals surface area contributed by atoms with Gasteiger partial charge >= 0.3 is 5.97 Å². The predicted molar refractivity (Wildman–Crippen MR) is 58.4 cm³/mol. The molecule has 0 unspecified atom stereocenters. The Hall–Kier alpha value is -1.98. The summed E-state index contributed by atoms with van der Waals surface area (Å²) >= 11 is 0. The summed E-state index contributed by atoms with van der Waals surface area (Å²) in [5.74, 6) is -0.468. The first-order valence-corrected chi connectivity index (χ1v) is 5.40. The number of carbonyl (C=O) groups excluding carboxylic acids is 1. The molecule has 6 nitrogen and oxygen atoms in total. The quantitative estimate of drug-likeness (QED) is 0.451. The van der Waals surface area contributed by atoms with Gasteiger partial charge in [-0.3, -0.25) is 19.9 Å². The van der Waals surface area contributed by atoms with Crippen LogP contribution in [0.5, 0.6) is 0 Å².